The van der Waals surface area contributed by atoms with E-state index in [2.05, 4.69) is 15.0 Å². The minimum atomic E-state index is -0.763. The molecule has 0 bridgehead atoms. The van der Waals surface area contributed by atoms with Gasteiger partial charge in [-0.25, -0.2) is 0 Å². The highest BCUT2D eigenvalue weighted by Crippen LogP contribution is 2.25. The van der Waals surface area contributed by atoms with Crippen LogP contribution in [0, 0.1) is 5.41 Å². The summed E-state index contributed by atoms with van der Waals surface area (Å²) in [4.78, 5) is 41.5. The number of rotatable bonds is 13. The highest BCUT2D eigenvalue weighted by Gasteiger charge is 2.25. The van der Waals surface area contributed by atoms with Crippen molar-refractivity contribution in [2.24, 2.45) is 5.41 Å². The highest BCUT2D eigenvalue weighted by molar-refractivity contribution is 5.82. The topological polar surface area (TPSA) is 220 Å². The van der Waals surface area contributed by atoms with Gasteiger partial charge < -0.3 is 45.6 Å². The molecular weight excluding hydrogens is 690 g/mol. The van der Waals surface area contributed by atoms with Gasteiger partial charge in [0.1, 0.15) is 0 Å². The number of aliphatic hydroxyl groups excluding tert-OH is 3. The summed E-state index contributed by atoms with van der Waals surface area (Å²) in [7, 11) is 0. The Morgan fingerprint density at radius 2 is 0.778 bits per heavy atom. The lowest BCUT2D eigenvalue weighted by molar-refractivity contribution is -0.138. The van der Waals surface area contributed by atoms with Crippen LogP contribution in [0.25, 0.3) is 32.7 Å². The van der Waals surface area contributed by atoms with Gasteiger partial charge in [-0.2, -0.15) is 0 Å². The van der Waals surface area contributed by atoms with Crippen molar-refractivity contribution in [2.45, 2.75) is 71.1 Å². The molecule has 3 unspecified atom stereocenters. The lowest BCUT2D eigenvalue weighted by atomic mass is 9.88. The predicted molar refractivity (Wildman–Crippen MR) is 211 cm³/mol. The number of aliphatic hydroxyl groups is 3. The van der Waals surface area contributed by atoms with Crippen LogP contribution in [0.5, 0.6) is 0 Å². The van der Waals surface area contributed by atoms with Crippen molar-refractivity contribution in [1.82, 2.24) is 15.0 Å². The number of carboxylic acids is 3. The van der Waals surface area contributed by atoms with Crippen molar-refractivity contribution < 1.29 is 45.0 Å². The number of hydrogen-bond donors (Lipinski definition) is 9. The van der Waals surface area contributed by atoms with Gasteiger partial charge in [0.2, 0.25) is 0 Å². The van der Waals surface area contributed by atoms with Gasteiger partial charge in [-0.05, 0) is 59.0 Å². The fraction of sp³-hybridized carbons (Fsp3) is 0.357. The van der Waals surface area contributed by atoms with E-state index in [1.54, 1.807) is 0 Å². The second kappa shape index (κ2) is 20.7. The Labute approximate surface area is 314 Å². The number of hydrogen-bond acceptors (Lipinski definition) is 6. The molecule has 0 aliphatic carbocycles. The smallest absolute Gasteiger partial charge is 0.304 e. The third kappa shape index (κ3) is 12.6. The molecule has 0 fully saturated rings. The molecule has 3 heterocycles. The molecule has 3 atom stereocenters. The van der Waals surface area contributed by atoms with Crippen molar-refractivity contribution in [1.29, 1.82) is 0 Å². The minimum Gasteiger partial charge on any atom is -0.481 e. The standard InChI is InChI=1S/3C12H13NO2.C6H14O3/c3*1-8(6-12(14)15)11-7-9-4-2-3-5-10(9)13-11;1-2-6(3-7,4-8)5-9/h3*2-5,7-8,13H,6H2,1H3,(H,14,15);7-9H,2-5H2,1H3. The van der Waals surface area contributed by atoms with Crippen molar-refractivity contribution >= 4 is 50.6 Å². The van der Waals surface area contributed by atoms with E-state index in [0.29, 0.717) is 6.42 Å². The highest BCUT2D eigenvalue weighted by atomic mass is 16.4. The third-order valence-corrected chi connectivity index (χ3v) is 9.44. The maximum absolute atomic E-state index is 10.6. The number of aliphatic carboxylic acids is 3. The quantitative estimate of drug-likeness (QED) is 0.0568. The second-order valence-electron chi connectivity index (χ2n) is 13.8. The molecule has 290 valence electrons. The normalized spacial score (nSPS) is 12.7. The predicted octanol–water partition coefficient (Wildman–Crippen LogP) is 7.60. The Hall–Kier alpha value is -5.43. The van der Waals surface area contributed by atoms with Crippen molar-refractivity contribution in [2.75, 3.05) is 19.8 Å². The van der Waals surface area contributed by atoms with E-state index in [1.807, 2.05) is 119 Å². The number of nitrogens with one attached hydrogen (secondary N) is 3. The summed E-state index contributed by atoms with van der Waals surface area (Å²) in [6.07, 6.45) is 1.07. The van der Waals surface area contributed by atoms with Crippen LogP contribution >= 0.6 is 0 Å². The van der Waals surface area contributed by atoms with E-state index < -0.39 is 23.3 Å². The Bertz CT molecular complexity index is 1740. The minimum absolute atomic E-state index is 0.0231. The molecule has 6 rings (SSSR count). The molecule has 0 spiro atoms. The number of benzene rings is 3. The maximum Gasteiger partial charge on any atom is 0.304 e. The van der Waals surface area contributed by atoms with E-state index in [0.717, 1.165) is 49.8 Å². The number of aromatic nitrogens is 3. The molecular formula is C42H53N3O9. The Kier molecular flexibility index (Phi) is 16.5. The third-order valence-electron chi connectivity index (χ3n) is 9.44. The Morgan fingerprint density at radius 1 is 0.519 bits per heavy atom. The van der Waals surface area contributed by atoms with Crippen LogP contribution in [0.2, 0.25) is 0 Å². The number of H-pyrrole nitrogens is 3. The van der Waals surface area contributed by atoms with Gasteiger partial charge in [0.15, 0.2) is 0 Å². The fourth-order valence-electron chi connectivity index (χ4n) is 5.68. The monoisotopic (exact) mass is 743 g/mol. The van der Waals surface area contributed by atoms with E-state index >= 15 is 0 Å². The van der Waals surface area contributed by atoms with Crippen LogP contribution in [0.15, 0.2) is 91.0 Å². The molecule has 0 radical (unpaired) electrons. The molecule has 3 aromatic carbocycles. The van der Waals surface area contributed by atoms with Crippen LogP contribution in [-0.2, 0) is 14.4 Å². The van der Waals surface area contributed by atoms with Crippen LogP contribution in [0.3, 0.4) is 0 Å². The van der Waals surface area contributed by atoms with Crippen molar-refractivity contribution in [3.8, 4) is 0 Å². The molecule has 54 heavy (non-hydrogen) atoms. The first-order valence-corrected chi connectivity index (χ1v) is 18.0. The molecule has 9 N–H and O–H groups in total. The summed E-state index contributed by atoms with van der Waals surface area (Å²) in [5.41, 5.74) is 5.47. The van der Waals surface area contributed by atoms with Gasteiger partial charge in [0, 0.05) is 56.8 Å². The average molecular weight is 744 g/mol. The number of fused-ring (bicyclic) bond motifs is 3. The van der Waals surface area contributed by atoms with Gasteiger partial charge in [-0.1, -0.05) is 82.3 Å². The maximum atomic E-state index is 10.6. The number of para-hydroxylation sites is 3. The molecule has 6 aromatic rings. The zero-order valence-corrected chi connectivity index (χ0v) is 31.3. The Morgan fingerprint density at radius 3 is 0.963 bits per heavy atom. The van der Waals surface area contributed by atoms with Crippen LogP contribution in [0.1, 0.15) is 88.2 Å². The first-order valence-electron chi connectivity index (χ1n) is 18.0. The summed E-state index contributed by atoms with van der Waals surface area (Å²) in [6.45, 7) is 7.10. The van der Waals surface area contributed by atoms with Gasteiger partial charge >= 0.3 is 17.9 Å². The summed E-state index contributed by atoms with van der Waals surface area (Å²) >= 11 is 0. The molecule has 12 nitrogen and oxygen atoms in total. The summed E-state index contributed by atoms with van der Waals surface area (Å²) in [5.74, 6) is -2.22. The average Bonchev–Trinajstić information content (AvgIpc) is 3.90. The fourth-order valence-corrected chi connectivity index (χ4v) is 5.68. The zero-order chi connectivity index (χ0) is 39.8. The lowest BCUT2D eigenvalue weighted by Gasteiger charge is -2.24. The number of carbonyl (C=O) groups is 3. The molecule has 0 aliphatic rings. The number of carboxylic acid groups (broad SMARTS) is 3. The van der Waals surface area contributed by atoms with Crippen molar-refractivity contribution in [3.63, 3.8) is 0 Å². The van der Waals surface area contributed by atoms with Gasteiger partial charge in [0.05, 0.1) is 39.1 Å². The SMILES string of the molecule is CC(CC(=O)O)c1cc2ccccc2[nH]1.CC(CC(=O)O)c1cc2ccccc2[nH]1.CC(CC(=O)O)c1cc2ccccc2[nH]1.CCC(CO)(CO)CO. The Balaban J connectivity index is 0.000000197. The van der Waals surface area contributed by atoms with Gasteiger partial charge in [-0.15, -0.1) is 0 Å². The van der Waals surface area contributed by atoms with Gasteiger partial charge in [0.25, 0.3) is 0 Å². The molecule has 3 aromatic heterocycles. The van der Waals surface area contributed by atoms with E-state index in [9.17, 15) is 14.4 Å². The summed E-state index contributed by atoms with van der Waals surface area (Å²) in [6, 6.07) is 29.9. The van der Waals surface area contributed by atoms with Crippen LogP contribution < -0.4 is 0 Å². The van der Waals surface area contributed by atoms with E-state index in [4.69, 9.17) is 30.6 Å². The first-order chi connectivity index (χ1) is 25.7. The molecule has 0 amide bonds. The van der Waals surface area contributed by atoms with E-state index in [1.165, 1.54) is 0 Å². The molecule has 0 aliphatic heterocycles. The first kappa shape index (κ1) is 43.0. The molecule has 0 saturated heterocycles. The molecule has 0 saturated carbocycles. The van der Waals surface area contributed by atoms with Crippen molar-refractivity contribution in [3.05, 3.63) is 108 Å². The summed E-state index contributed by atoms with van der Waals surface area (Å²) in [5, 5.41) is 55.5. The lowest BCUT2D eigenvalue weighted by Crippen LogP contribution is -2.32. The largest absolute Gasteiger partial charge is 0.481 e. The van der Waals surface area contributed by atoms with E-state index in [-0.39, 0.29) is 56.8 Å². The molecule has 12 heteroatoms. The van der Waals surface area contributed by atoms with Crippen LogP contribution in [0.4, 0.5) is 0 Å². The van der Waals surface area contributed by atoms with Gasteiger partial charge in [-0.3, -0.25) is 14.4 Å². The van der Waals surface area contributed by atoms with Crippen LogP contribution in [-0.4, -0.2) is 83.3 Å². The summed E-state index contributed by atoms with van der Waals surface area (Å²) < 4.78 is 0. The zero-order valence-electron chi connectivity index (χ0n) is 31.3. The second-order valence-corrected chi connectivity index (χ2v) is 13.8. The number of aromatic amines is 3.